The van der Waals surface area contributed by atoms with Crippen molar-refractivity contribution < 1.29 is 1.43 Å². The summed E-state index contributed by atoms with van der Waals surface area (Å²) in [5.74, 6) is 0. The van der Waals surface area contributed by atoms with Crippen LogP contribution in [0.2, 0.25) is 0 Å². The van der Waals surface area contributed by atoms with Crippen LogP contribution in [0.25, 0.3) is 0 Å². The Morgan fingerprint density at radius 2 is 0.750 bits per heavy atom. The van der Waals surface area contributed by atoms with Crippen molar-refractivity contribution in [3.05, 3.63) is 91.0 Å². The molecule has 0 heterocycles. The Morgan fingerprint density at radius 3 is 1.00 bits per heavy atom. The van der Waals surface area contributed by atoms with Crippen LogP contribution in [0.1, 0.15) is 1.43 Å². The van der Waals surface area contributed by atoms with E-state index in [-0.39, 0.29) is 1.43 Å². The molecule has 20 heavy (non-hydrogen) atoms. The van der Waals surface area contributed by atoms with Crippen molar-refractivity contribution >= 4 is 30.6 Å². The van der Waals surface area contributed by atoms with E-state index in [0.29, 0.717) is 0 Å². The van der Waals surface area contributed by atoms with Gasteiger partial charge in [0, 0.05) is 0 Å². The highest BCUT2D eigenvalue weighted by atomic mass is 31.2. The van der Waals surface area contributed by atoms with Crippen molar-refractivity contribution in [3.63, 3.8) is 0 Å². The molecule has 0 amide bonds. The quantitative estimate of drug-likeness (QED) is 0.508. The van der Waals surface area contributed by atoms with E-state index in [4.69, 9.17) is 7.57 Å². The summed E-state index contributed by atoms with van der Waals surface area (Å²) < 4.78 is 0. The summed E-state index contributed by atoms with van der Waals surface area (Å²) in [5, 5.41) is 3.62. The predicted octanol–water partition coefficient (Wildman–Crippen LogP) is 3.18. The van der Waals surface area contributed by atoms with Crippen molar-refractivity contribution in [1.82, 2.24) is 0 Å². The highest BCUT2D eigenvalue weighted by Gasteiger charge is 2.39. The van der Waals surface area contributed by atoms with Crippen molar-refractivity contribution in [1.29, 1.82) is 0 Å². The Hall–Kier alpha value is -1.85. The molecule has 0 saturated carbocycles. The van der Waals surface area contributed by atoms with Crippen LogP contribution in [-0.4, -0.2) is 7.57 Å². The van der Waals surface area contributed by atoms with E-state index in [0.717, 1.165) is 0 Å². The fourth-order valence-electron chi connectivity index (χ4n) is 2.44. The van der Waals surface area contributed by atoms with E-state index in [1.54, 1.807) is 0 Å². The molecule has 0 aromatic heterocycles. The zero-order valence-corrected chi connectivity index (χ0v) is 12.1. The molecule has 0 aliphatic carbocycles. The van der Waals surface area contributed by atoms with Gasteiger partial charge in [0.2, 0.25) is 0 Å². The third-order valence-corrected chi connectivity index (χ3v) is 6.83. The van der Waals surface area contributed by atoms with Gasteiger partial charge in [-0.05, 0) is 36.4 Å². The van der Waals surface area contributed by atoms with E-state index >= 15 is 0 Å². The Balaban J connectivity index is 0.00000161. The highest BCUT2D eigenvalue weighted by molar-refractivity contribution is 8.13. The average molecular weight is 274 g/mol. The van der Waals surface area contributed by atoms with Gasteiger partial charge in [-0.25, -0.2) is 0 Å². The molecule has 0 atom stereocenters. The Labute approximate surface area is 123 Å². The second kappa shape index (κ2) is 5.65. The molecular weight excluding hydrogens is 258 g/mol. The van der Waals surface area contributed by atoms with Gasteiger partial charge < -0.3 is 0 Å². The van der Waals surface area contributed by atoms with Crippen molar-refractivity contribution in [2.45, 2.75) is 0 Å². The number of hydrogen-bond donors (Lipinski definition) is 0. The van der Waals surface area contributed by atoms with Crippen LogP contribution >= 0.6 is 7.14 Å². The largest absolute Gasteiger partial charge is 1.00 e. The zero-order valence-electron chi connectivity index (χ0n) is 12.2. The second-order valence-electron chi connectivity index (χ2n) is 4.73. The molecule has 94 valence electrons. The molecule has 2 heteroatoms. The number of hydrogen-bond acceptors (Lipinski definition) is 0. The van der Waals surface area contributed by atoms with Gasteiger partial charge in [-0.1, -0.05) is 54.6 Å². The minimum atomic E-state index is -2.03. The summed E-state index contributed by atoms with van der Waals surface area (Å²) in [6, 6.07) is 31.2. The zero-order chi connectivity index (χ0) is 13.8. The summed E-state index contributed by atoms with van der Waals surface area (Å²) in [6.07, 6.45) is 0. The smallest absolute Gasteiger partial charge is 0.0620 e. The Morgan fingerprint density at radius 1 is 0.500 bits per heavy atom. The molecular formula is C18H16BP+2. The summed E-state index contributed by atoms with van der Waals surface area (Å²) in [6.45, 7) is 0. The van der Waals surface area contributed by atoms with Crippen molar-refractivity contribution in [3.8, 4) is 0 Å². The molecule has 0 aliphatic heterocycles. The van der Waals surface area contributed by atoms with Crippen molar-refractivity contribution in [2.24, 2.45) is 0 Å². The highest BCUT2D eigenvalue weighted by Crippen LogP contribution is 2.49. The van der Waals surface area contributed by atoms with Crippen LogP contribution in [0.4, 0.5) is 0 Å². The lowest BCUT2D eigenvalue weighted by Crippen LogP contribution is -2.31. The van der Waals surface area contributed by atoms with Gasteiger partial charge in [-0.3, -0.25) is 0 Å². The number of rotatable bonds is 3. The average Bonchev–Trinajstić information content (AvgIpc) is 2.56. The first-order valence-corrected chi connectivity index (χ1v) is 8.52. The van der Waals surface area contributed by atoms with Gasteiger partial charge in [0.25, 0.3) is 0 Å². The van der Waals surface area contributed by atoms with E-state index in [1.807, 2.05) is 18.2 Å². The van der Waals surface area contributed by atoms with Crippen LogP contribution in [0.3, 0.4) is 0 Å². The third kappa shape index (κ3) is 2.30. The molecule has 0 spiro atoms. The van der Waals surface area contributed by atoms with Gasteiger partial charge in [0.15, 0.2) is 0 Å². The van der Waals surface area contributed by atoms with E-state index in [9.17, 15) is 0 Å². The first kappa shape index (κ1) is 13.2. The SMILES string of the molecule is [B][P+](c1ccccc1)(c1ccccc1)c1ccccc1.[H+]. The first-order chi connectivity index (χ1) is 9.82. The molecule has 0 aliphatic rings. The summed E-state index contributed by atoms with van der Waals surface area (Å²) in [5.41, 5.74) is 0. The van der Waals surface area contributed by atoms with Gasteiger partial charge >= 0.3 is 8.99 Å². The fourth-order valence-corrected chi connectivity index (χ4v) is 5.26. The Bertz CT molecular complexity index is 575. The van der Waals surface area contributed by atoms with Gasteiger partial charge in [-0.2, -0.15) is 0 Å². The molecule has 3 aromatic rings. The van der Waals surface area contributed by atoms with Crippen LogP contribution in [0, 0.1) is 0 Å². The van der Waals surface area contributed by atoms with Crippen LogP contribution in [-0.2, 0) is 0 Å². The maximum Gasteiger partial charge on any atom is 1.00 e. The summed E-state index contributed by atoms with van der Waals surface area (Å²) in [4.78, 5) is 0. The molecule has 0 fully saturated rings. The molecule has 0 N–H and O–H groups in total. The lowest BCUT2D eigenvalue weighted by atomic mass is 10.3. The fraction of sp³-hybridized carbons (Fsp3) is 0. The lowest BCUT2D eigenvalue weighted by molar-refractivity contribution is 1.73. The van der Waals surface area contributed by atoms with Crippen LogP contribution in [0.5, 0.6) is 0 Å². The maximum atomic E-state index is 6.97. The molecule has 0 bridgehead atoms. The van der Waals surface area contributed by atoms with E-state index in [2.05, 4.69) is 72.8 Å². The maximum absolute atomic E-state index is 6.97. The minimum absolute atomic E-state index is 0. The predicted molar refractivity (Wildman–Crippen MR) is 92.0 cm³/mol. The normalized spacial score (nSPS) is 11.2. The lowest BCUT2D eigenvalue weighted by Gasteiger charge is -2.23. The minimum Gasteiger partial charge on any atom is -0.0620 e. The molecule has 2 radical (unpaired) electrons. The summed E-state index contributed by atoms with van der Waals surface area (Å²) >= 11 is 0. The third-order valence-electron chi connectivity index (χ3n) is 3.49. The van der Waals surface area contributed by atoms with Crippen LogP contribution in [0.15, 0.2) is 91.0 Å². The van der Waals surface area contributed by atoms with Gasteiger partial charge in [0.05, 0.1) is 23.1 Å². The molecule has 3 aromatic carbocycles. The van der Waals surface area contributed by atoms with Crippen LogP contribution < -0.4 is 15.9 Å². The Kier molecular flexibility index (Phi) is 3.71. The van der Waals surface area contributed by atoms with Gasteiger partial charge in [-0.15, -0.1) is 0 Å². The van der Waals surface area contributed by atoms with Crippen molar-refractivity contribution in [2.75, 3.05) is 0 Å². The topological polar surface area (TPSA) is 0 Å². The molecule has 0 nitrogen and oxygen atoms in total. The molecule has 3 rings (SSSR count). The molecule has 0 unspecified atom stereocenters. The number of benzene rings is 3. The monoisotopic (exact) mass is 274 g/mol. The first-order valence-electron chi connectivity index (χ1n) is 6.66. The standard InChI is InChI=1S/C18H15BP/c19-20(16-10-4-1-5-11-16,17-12-6-2-7-13-17)18-14-8-3-9-15-18/h1-15H/q+1/p+1. The summed E-state index contributed by atoms with van der Waals surface area (Å²) in [7, 11) is 4.95. The van der Waals surface area contributed by atoms with E-state index in [1.165, 1.54) is 15.9 Å². The second-order valence-corrected chi connectivity index (χ2v) is 7.72. The van der Waals surface area contributed by atoms with E-state index < -0.39 is 7.14 Å². The van der Waals surface area contributed by atoms with Gasteiger partial charge in [0.1, 0.15) is 0 Å². The molecule has 0 saturated heterocycles.